The second-order valence-electron chi connectivity index (χ2n) is 6.98. The highest BCUT2D eigenvalue weighted by atomic mass is 35.5. The molecule has 1 aromatic heterocycles. The number of halogens is 1. The van der Waals surface area contributed by atoms with Gasteiger partial charge in [-0.1, -0.05) is 11.6 Å². The van der Waals surface area contributed by atoms with Crippen LogP contribution in [0.1, 0.15) is 41.7 Å². The normalized spacial score (nSPS) is 15.3. The number of benzene rings is 2. The number of nitrogens with zero attached hydrogens (tertiary/aromatic N) is 1. The van der Waals surface area contributed by atoms with Crippen LogP contribution in [0.4, 0.5) is 0 Å². The Morgan fingerprint density at radius 2 is 1.89 bits per heavy atom. The van der Waals surface area contributed by atoms with E-state index in [1.807, 2.05) is 54.3 Å². The van der Waals surface area contributed by atoms with Crippen LogP contribution >= 0.6 is 11.6 Å². The van der Waals surface area contributed by atoms with Gasteiger partial charge in [-0.15, -0.1) is 0 Å². The number of aromatic amines is 1. The van der Waals surface area contributed by atoms with E-state index in [-0.39, 0.29) is 5.91 Å². The predicted octanol–water partition coefficient (Wildman–Crippen LogP) is 5.24. The Bertz CT molecular complexity index is 941. The molecular weight excluding hydrogens is 360 g/mol. The van der Waals surface area contributed by atoms with E-state index < -0.39 is 0 Å². The molecule has 0 bridgehead atoms. The number of fused-ring (bicyclic) bond motifs is 1. The summed E-state index contributed by atoms with van der Waals surface area (Å²) in [6, 6.07) is 15.5. The Hall–Kier alpha value is -2.46. The molecule has 3 aromatic rings. The molecule has 4 nitrogen and oxygen atoms in total. The monoisotopic (exact) mass is 382 g/mol. The molecule has 140 valence electrons. The molecule has 1 amide bonds. The zero-order valence-electron chi connectivity index (χ0n) is 15.4. The zero-order chi connectivity index (χ0) is 18.8. The third-order valence-corrected chi connectivity index (χ3v) is 5.47. The van der Waals surface area contributed by atoms with Crippen LogP contribution in [-0.2, 0) is 0 Å². The van der Waals surface area contributed by atoms with Crippen LogP contribution in [0.3, 0.4) is 0 Å². The number of amides is 1. The number of hydrogen-bond donors (Lipinski definition) is 1. The number of carbonyl (C=O) groups is 1. The summed E-state index contributed by atoms with van der Waals surface area (Å²) in [5.74, 6) is 1.34. The lowest BCUT2D eigenvalue weighted by Crippen LogP contribution is -2.37. The van der Waals surface area contributed by atoms with Crippen LogP contribution < -0.4 is 4.74 Å². The van der Waals surface area contributed by atoms with Crippen molar-refractivity contribution in [2.75, 3.05) is 19.7 Å². The van der Waals surface area contributed by atoms with Crippen molar-refractivity contribution in [1.82, 2.24) is 9.88 Å². The smallest absolute Gasteiger partial charge is 0.253 e. The van der Waals surface area contributed by atoms with Crippen molar-refractivity contribution < 1.29 is 9.53 Å². The van der Waals surface area contributed by atoms with Gasteiger partial charge in [0.1, 0.15) is 5.75 Å². The van der Waals surface area contributed by atoms with Crippen molar-refractivity contribution in [2.24, 2.45) is 0 Å². The highest BCUT2D eigenvalue weighted by molar-refractivity contribution is 6.31. The minimum Gasteiger partial charge on any atom is -0.494 e. The SMILES string of the molecule is CCOc1ccc(C(=O)N2CCC(c3cc4cc(Cl)ccc4[nH]3)CC2)cc1. The van der Waals surface area contributed by atoms with Gasteiger partial charge in [-0.25, -0.2) is 0 Å². The number of piperidine rings is 1. The summed E-state index contributed by atoms with van der Waals surface area (Å²) < 4.78 is 5.44. The molecule has 0 spiro atoms. The van der Waals surface area contributed by atoms with Crippen LogP contribution in [0.5, 0.6) is 5.75 Å². The molecule has 0 saturated carbocycles. The third kappa shape index (κ3) is 3.81. The molecule has 4 rings (SSSR count). The second kappa shape index (κ2) is 7.65. The number of H-pyrrole nitrogens is 1. The van der Waals surface area contributed by atoms with Gasteiger partial charge in [0.2, 0.25) is 0 Å². The first kappa shape index (κ1) is 17.9. The molecule has 0 aliphatic carbocycles. The molecule has 2 heterocycles. The Morgan fingerprint density at radius 3 is 2.59 bits per heavy atom. The van der Waals surface area contributed by atoms with E-state index in [4.69, 9.17) is 16.3 Å². The highest BCUT2D eigenvalue weighted by Gasteiger charge is 2.25. The van der Waals surface area contributed by atoms with E-state index in [1.54, 1.807) is 0 Å². The van der Waals surface area contributed by atoms with Crippen LogP contribution in [0.2, 0.25) is 5.02 Å². The van der Waals surface area contributed by atoms with Crippen LogP contribution in [-0.4, -0.2) is 35.5 Å². The zero-order valence-corrected chi connectivity index (χ0v) is 16.1. The molecular formula is C22H23ClN2O2. The van der Waals surface area contributed by atoms with Crippen molar-refractivity contribution in [2.45, 2.75) is 25.7 Å². The van der Waals surface area contributed by atoms with Gasteiger partial charge in [0.15, 0.2) is 0 Å². The molecule has 0 atom stereocenters. The summed E-state index contributed by atoms with van der Waals surface area (Å²) in [5.41, 5.74) is 3.07. The summed E-state index contributed by atoms with van der Waals surface area (Å²) >= 11 is 6.09. The topological polar surface area (TPSA) is 45.3 Å². The number of likely N-dealkylation sites (tertiary alicyclic amines) is 1. The quantitative estimate of drug-likeness (QED) is 0.670. The summed E-state index contributed by atoms with van der Waals surface area (Å²) in [7, 11) is 0. The number of rotatable bonds is 4. The van der Waals surface area contributed by atoms with Gasteiger partial charge in [0, 0.05) is 46.2 Å². The van der Waals surface area contributed by atoms with Crippen molar-refractivity contribution in [1.29, 1.82) is 0 Å². The Morgan fingerprint density at radius 1 is 1.15 bits per heavy atom. The minimum atomic E-state index is 0.0972. The first-order valence-corrected chi connectivity index (χ1v) is 9.82. The average Bonchev–Trinajstić information content (AvgIpc) is 3.11. The van der Waals surface area contributed by atoms with E-state index in [1.165, 1.54) is 5.69 Å². The molecule has 5 heteroatoms. The van der Waals surface area contributed by atoms with Gasteiger partial charge in [-0.05, 0) is 68.3 Å². The summed E-state index contributed by atoms with van der Waals surface area (Å²) in [5, 5.41) is 1.90. The maximum absolute atomic E-state index is 12.8. The molecule has 0 radical (unpaired) electrons. The molecule has 27 heavy (non-hydrogen) atoms. The van der Waals surface area contributed by atoms with Gasteiger partial charge >= 0.3 is 0 Å². The number of carbonyl (C=O) groups excluding carboxylic acids is 1. The number of ether oxygens (including phenoxy) is 1. The van der Waals surface area contributed by atoms with Crippen molar-refractivity contribution in [3.63, 3.8) is 0 Å². The standard InChI is InChI=1S/C22H23ClN2O2/c1-2-27-19-6-3-16(4-7-19)22(26)25-11-9-15(10-12-25)21-14-17-13-18(23)5-8-20(17)24-21/h3-8,13-15,24H,2,9-12H2,1H3. The lowest BCUT2D eigenvalue weighted by atomic mass is 9.93. The summed E-state index contributed by atoms with van der Waals surface area (Å²) in [6.07, 6.45) is 1.92. The van der Waals surface area contributed by atoms with E-state index in [0.717, 1.165) is 53.2 Å². The molecule has 2 aromatic carbocycles. The molecule has 0 unspecified atom stereocenters. The fourth-order valence-corrected chi connectivity index (χ4v) is 3.96. The van der Waals surface area contributed by atoms with Crippen LogP contribution in [0, 0.1) is 0 Å². The number of hydrogen-bond acceptors (Lipinski definition) is 2. The van der Waals surface area contributed by atoms with E-state index in [0.29, 0.717) is 12.5 Å². The van der Waals surface area contributed by atoms with Gasteiger partial charge in [0.05, 0.1) is 6.61 Å². The number of nitrogens with one attached hydrogen (secondary N) is 1. The van der Waals surface area contributed by atoms with Gasteiger partial charge in [0.25, 0.3) is 5.91 Å². The highest BCUT2D eigenvalue weighted by Crippen LogP contribution is 2.31. The van der Waals surface area contributed by atoms with Crippen molar-refractivity contribution in [3.05, 3.63) is 64.8 Å². The number of aromatic nitrogens is 1. The molecule has 1 aliphatic heterocycles. The molecule has 1 N–H and O–H groups in total. The van der Waals surface area contributed by atoms with Crippen molar-refractivity contribution >= 4 is 28.4 Å². The van der Waals surface area contributed by atoms with Crippen LogP contribution in [0.25, 0.3) is 10.9 Å². The predicted molar refractivity (Wildman–Crippen MR) is 109 cm³/mol. The van der Waals surface area contributed by atoms with E-state index in [2.05, 4.69) is 11.1 Å². The molecule has 1 aliphatic rings. The first-order chi connectivity index (χ1) is 13.1. The van der Waals surface area contributed by atoms with Gasteiger partial charge < -0.3 is 14.6 Å². The van der Waals surface area contributed by atoms with Gasteiger partial charge in [-0.3, -0.25) is 4.79 Å². The summed E-state index contributed by atoms with van der Waals surface area (Å²) in [6.45, 7) is 4.12. The Labute approximate surface area is 164 Å². The Balaban J connectivity index is 1.41. The largest absolute Gasteiger partial charge is 0.494 e. The van der Waals surface area contributed by atoms with Crippen molar-refractivity contribution in [3.8, 4) is 5.75 Å². The van der Waals surface area contributed by atoms with Crippen LogP contribution in [0.15, 0.2) is 48.5 Å². The second-order valence-corrected chi connectivity index (χ2v) is 7.42. The molecule has 1 saturated heterocycles. The average molecular weight is 383 g/mol. The fraction of sp³-hybridized carbons (Fsp3) is 0.318. The fourth-order valence-electron chi connectivity index (χ4n) is 3.78. The third-order valence-electron chi connectivity index (χ3n) is 5.24. The summed E-state index contributed by atoms with van der Waals surface area (Å²) in [4.78, 5) is 18.2. The van der Waals surface area contributed by atoms with E-state index >= 15 is 0 Å². The Kier molecular flexibility index (Phi) is 5.08. The maximum atomic E-state index is 12.8. The first-order valence-electron chi connectivity index (χ1n) is 9.44. The molecule has 1 fully saturated rings. The lowest BCUT2D eigenvalue weighted by molar-refractivity contribution is 0.0712. The maximum Gasteiger partial charge on any atom is 0.253 e. The lowest BCUT2D eigenvalue weighted by Gasteiger charge is -2.31. The van der Waals surface area contributed by atoms with Gasteiger partial charge in [-0.2, -0.15) is 0 Å². The van der Waals surface area contributed by atoms with E-state index in [9.17, 15) is 4.79 Å². The minimum absolute atomic E-state index is 0.0972.